The van der Waals surface area contributed by atoms with E-state index in [4.69, 9.17) is 9.47 Å². The largest absolute Gasteiger partial charge is 0.375 e. The average molecular weight is 370 g/mol. The van der Waals surface area contributed by atoms with E-state index in [1.165, 1.54) is 6.07 Å². The number of aryl methyl sites for hydroxylation is 2. The van der Waals surface area contributed by atoms with Crippen LogP contribution in [0.15, 0.2) is 41.4 Å². The lowest BCUT2D eigenvalue weighted by Crippen LogP contribution is -2.49. The van der Waals surface area contributed by atoms with E-state index < -0.39 is 5.60 Å². The summed E-state index contributed by atoms with van der Waals surface area (Å²) in [5.74, 6) is -0.245. The molecule has 0 atom stereocenters. The van der Waals surface area contributed by atoms with E-state index in [1.807, 2.05) is 31.3 Å². The second-order valence-electron chi connectivity index (χ2n) is 7.14. The summed E-state index contributed by atoms with van der Waals surface area (Å²) in [6.07, 6.45) is 1.85. The van der Waals surface area contributed by atoms with Gasteiger partial charge in [-0.25, -0.2) is 9.38 Å². The molecule has 1 saturated heterocycles. The maximum Gasteiger partial charge on any atom is 0.140 e. The molecule has 3 rings (SSSR count). The van der Waals surface area contributed by atoms with Gasteiger partial charge in [-0.15, -0.1) is 0 Å². The van der Waals surface area contributed by atoms with Crippen molar-refractivity contribution < 1.29 is 13.9 Å². The predicted molar refractivity (Wildman–Crippen MR) is 106 cm³/mol. The van der Waals surface area contributed by atoms with E-state index >= 15 is 0 Å². The third kappa shape index (κ3) is 4.20. The van der Waals surface area contributed by atoms with Gasteiger partial charge in [-0.2, -0.15) is 0 Å². The number of benzene rings is 2. The summed E-state index contributed by atoms with van der Waals surface area (Å²) < 4.78 is 25.6. The third-order valence-electron chi connectivity index (χ3n) is 5.06. The summed E-state index contributed by atoms with van der Waals surface area (Å²) in [6, 6.07) is 10.9. The van der Waals surface area contributed by atoms with Gasteiger partial charge in [-0.05, 0) is 49.6 Å². The summed E-state index contributed by atoms with van der Waals surface area (Å²) in [7, 11) is 2.00. The van der Waals surface area contributed by atoms with E-state index in [-0.39, 0.29) is 12.4 Å². The van der Waals surface area contributed by atoms with E-state index in [2.05, 4.69) is 31.0 Å². The van der Waals surface area contributed by atoms with Crippen LogP contribution in [0.4, 0.5) is 10.1 Å². The molecule has 0 aromatic heterocycles. The van der Waals surface area contributed by atoms with Gasteiger partial charge in [0.15, 0.2) is 0 Å². The number of nitrogens with zero attached hydrogens (tertiary/aromatic N) is 2. The van der Waals surface area contributed by atoms with Gasteiger partial charge in [-0.3, -0.25) is 0 Å². The molecule has 0 spiro atoms. The van der Waals surface area contributed by atoms with Crippen molar-refractivity contribution in [1.29, 1.82) is 0 Å². The van der Waals surface area contributed by atoms with Gasteiger partial charge in [0.25, 0.3) is 0 Å². The standard InChI is InChI=1S/C22H27FN2O2/c1-5-25(4)15-24-21-11-16(2)19(10-17(21)3)22(13-26-14-22)27-12-18-8-6-7-9-20(18)23/h6-11,15H,5,12-14H2,1-4H3. The van der Waals surface area contributed by atoms with Crippen LogP contribution in [0.2, 0.25) is 0 Å². The van der Waals surface area contributed by atoms with Gasteiger partial charge in [-0.1, -0.05) is 24.3 Å². The zero-order valence-corrected chi connectivity index (χ0v) is 16.5. The van der Waals surface area contributed by atoms with Crippen LogP contribution in [0, 0.1) is 19.7 Å². The van der Waals surface area contributed by atoms with Gasteiger partial charge in [0.2, 0.25) is 0 Å². The molecular formula is C22H27FN2O2. The molecule has 0 amide bonds. The van der Waals surface area contributed by atoms with Gasteiger partial charge >= 0.3 is 0 Å². The molecule has 5 heteroatoms. The Hall–Kier alpha value is -2.24. The molecule has 2 aromatic carbocycles. The Morgan fingerprint density at radius 3 is 2.59 bits per heavy atom. The minimum absolute atomic E-state index is 0.218. The highest BCUT2D eigenvalue weighted by molar-refractivity contribution is 5.64. The molecule has 27 heavy (non-hydrogen) atoms. The molecular weight excluding hydrogens is 343 g/mol. The van der Waals surface area contributed by atoms with E-state index in [0.29, 0.717) is 18.8 Å². The highest BCUT2D eigenvalue weighted by atomic mass is 19.1. The van der Waals surface area contributed by atoms with Gasteiger partial charge < -0.3 is 14.4 Å². The first-order valence-corrected chi connectivity index (χ1v) is 9.26. The monoisotopic (exact) mass is 370 g/mol. The molecule has 1 heterocycles. The molecule has 4 nitrogen and oxygen atoms in total. The Morgan fingerprint density at radius 2 is 1.96 bits per heavy atom. The molecule has 1 fully saturated rings. The van der Waals surface area contributed by atoms with Gasteiger partial charge in [0, 0.05) is 19.2 Å². The lowest BCUT2D eigenvalue weighted by Gasteiger charge is -2.42. The maximum atomic E-state index is 13.9. The van der Waals surface area contributed by atoms with Crippen molar-refractivity contribution >= 4 is 12.0 Å². The highest BCUT2D eigenvalue weighted by Gasteiger charge is 2.43. The molecule has 0 bridgehead atoms. The fraction of sp³-hybridized carbons (Fsp3) is 0.409. The number of ether oxygens (including phenoxy) is 2. The maximum absolute atomic E-state index is 13.9. The summed E-state index contributed by atoms with van der Waals surface area (Å²) in [5, 5.41) is 0. The zero-order chi connectivity index (χ0) is 19.4. The number of halogens is 1. The minimum atomic E-state index is -0.528. The molecule has 144 valence electrons. The van der Waals surface area contributed by atoms with Crippen molar-refractivity contribution in [2.45, 2.75) is 33.0 Å². The average Bonchev–Trinajstić information content (AvgIpc) is 2.63. The SMILES string of the molecule is CCN(C)C=Nc1cc(C)c(C2(OCc3ccccc3F)COC2)cc1C. The van der Waals surface area contributed by atoms with Crippen molar-refractivity contribution in [3.8, 4) is 0 Å². The van der Waals surface area contributed by atoms with E-state index in [9.17, 15) is 4.39 Å². The van der Waals surface area contributed by atoms with Gasteiger partial charge in [0.1, 0.15) is 11.4 Å². The number of hydrogen-bond acceptors (Lipinski definition) is 3. The van der Waals surface area contributed by atoms with Crippen LogP contribution in [0.25, 0.3) is 0 Å². The Labute approximate surface area is 160 Å². The topological polar surface area (TPSA) is 34.1 Å². The molecule has 1 aliphatic heterocycles. The fourth-order valence-corrected chi connectivity index (χ4v) is 3.11. The highest BCUT2D eigenvalue weighted by Crippen LogP contribution is 2.39. The predicted octanol–water partition coefficient (Wildman–Crippen LogP) is 4.50. The smallest absolute Gasteiger partial charge is 0.140 e. The first-order chi connectivity index (χ1) is 12.9. The minimum Gasteiger partial charge on any atom is -0.375 e. The van der Waals surface area contributed by atoms with Crippen molar-refractivity contribution in [3.05, 3.63) is 64.5 Å². The van der Waals surface area contributed by atoms with E-state index in [1.54, 1.807) is 12.1 Å². The number of rotatable bonds is 7. The Balaban J connectivity index is 1.83. The fourth-order valence-electron chi connectivity index (χ4n) is 3.11. The zero-order valence-electron chi connectivity index (χ0n) is 16.5. The van der Waals surface area contributed by atoms with Crippen LogP contribution >= 0.6 is 0 Å². The van der Waals surface area contributed by atoms with Crippen molar-refractivity contribution in [3.63, 3.8) is 0 Å². The van der Waals surface area contributed by atoms with Crippen LogP contribution in [-0.2, 0) is 21.7 Å². The molecule has 1 aliphatic rings. The van der Waals surface area contributed by atoms with Crippen molar-refractivity contribution in [1.82, 2.24) is 4.90 Å². The van der Waals surface area contributed by atoms with Crippen molar-refractivity contribution in [2.75, 3.05) is 26.8 Å². The molecule has 0 N–H and O–H groups in total. The van der Waals surface area contributed by atoms with E-state index in [0.717, 1.165) is 28.9 Å². The summed E-state index contributed by atoms with van der Waals surface area (Å²) in [6.45, 7) is 8.27. The lowest BCUT2D eigenvalue weighted by molar-refractivity contribution is -0.223. The third-order valence-corrected chi connectivity index (χ3v) is 5.06. The van der Waals surface area contributed by atoms with Crippen LogP contribution in [-0.4, -0.2) is 38.0 Å². The summed E-state index contributed by atoms with van der Waals surface area (Å²) in [5.41, 5.74) is 4.24. The van der Waals surface area contributed by atoms with Crippen molar-refractivity contribution in [2.24, 2.45) is 4.99 Å². The molecule has 0 saturated carbocycles. The quantitative estimate of drug-likeness (QED) is 0.532. The van der Waals surface area contributed by atoms with Crippen LogP contribution in [0.5, 0.6) is 0 Å². The normalized spacial score (nSPS) is 15.7. The van der Waals surface area contributed by atoms with Gasteiger partial charge in [0.05, 0.1) is 31.8 Å². The molecule has 0 unspecified atom stereocenters. The lowest BCUT2D eigenvalue weighted by atomic mass is 9.86. The second kappa shape index (κ2) is 8.19. The van der Waals surface area contributed by atoms with Crippen LogP contribution < -0.4 is 0 Å². The van der Waals surface area contributed by atoms with Crippen LogP contribution in [0.3, 0.4) is 0 Å². The summed E-state index contributed by atoms with van der Waals surface area (Å²) >= 11 is 0. The second-order valence-corrected chi connectivity index (χ2v) is 7.14. The Kier molecular flexibility index (Phi) is 5.92. The molecule has 2 aromatic rings. The molecule has 0 aliphatic carbocycles. The summed E-state index contributed by atoms with van der Waals surface area (Å²) in [4.78, 5) is 6.62. The first kappa shape index (κ1) is 19.5. The molecule has 0 radical (unpaired) electrons. The number of hydrogen-bond donors (Lipinski definition) is 0. The first-order valence-electron chi connectivity index (χ1n) is 9.26. The Morgan fingerprint density at radius 1 is 1.22 bits per heavy atom. The Bertz CT molecular complexity index is 831. The van der Waals surface area contributed by atoms with Crippen LogP contribution in [0.1, 0.15) is 29.2 Å². The number of aliphatic imine (C=N–C) groups is 1.